The van der Waals surface area contributed by atoms with E-state index in [9.17, 15) is 35.4 Å². The molecule has 0 saturated carbocycles. The van der Waals surface area contributed by atoms with Crippen molar-refractivity contribution in [2.24, 2.45) is 0 Å². The molecule has 1 unspecified atom stereocenters. The summed E-state index contributed by atoms with van der Waals surface area (Å²) >= 11 is 0. The van der Waals surface area contributed by atoms with E-state index in [-0.39, 0.29) is 223 Å². The molecule has 7 rings (SSSR count). The molecule has 368 valence electrons. The van der Waals surface area contributed by atoms with Gasteiger partial charge in [-0.3, -0.25) is 4.79 Å². The van der Waals surface area contributed by atoms with Crippen molar-refractivity contribution in [3.8, 4) is 34.5 Å². The largest absolute Gasteiger partial charge is 0.508 e. The molecule has 0 bridgehead atoms. The van der Waals surface area contributed by atoms with Crippen molar-refractivity contribution in [2.75, 3.05) is 40.6 Å². The Kier molecular flexibility index (Phi) is 40.6. The Labute approximate surface area is 562 Å². The molecule has 16 heteroatoms. The Morgan fingerprint density at radius 1 is 0.549 bits per heavy atom. The van der Waals surface area contributed by atoms with Gasteiger partial charge in [-0.25, -0.2) is 0 Å². The number of hydrogen-bond acceptors (Lipinski definition) is 12. The van der Waals surface area contributed by atoms with Crippen LogP contribution in [0.2, 0.25) is 0 Å². The number of para-hydroxylation sites is 6. The number of ketones is 1. The quantitative estimate of drug-likeness (QED) is 0.0450. The van der Waals surface area contributed by atoms with Gasteiger partial charge in [-0.1, -0.05) is 123 Å². The number of carbonyl (C=O) groups excluding carboxylic acids is 1. The van der Waals surface area contributed by atoms with Crippen molar-refractivity contribution in [1.82, 2.24) is 0 Å². The van der Waals surface area contributed by atoms with Gasteiger partial charge >= 0.3 is 0 Å². The molecule has 8 N–H and O–H groups in total. The number of methoxy groups -OCH3 is 2. The topological polar surface area (TPSA) is 210 Å². The van der Waals surface area contributed by atoms with E-state index in [1.54, 1.807) is 131 Å². The number of hydrogen-bond donors (Lipinski definition) is 8. The minimum absolute atomic E-state index is 0. The molecule has 6 aromatic rings. The second kappa shape index (κ2) is 39.0. The van der Waals surface area contributed by atoms with Crippen LogP contribution in [0.15, 0.2) is 165 Å². The van der Waals surface area contributed by atoms with Crippen LogP contribution in [-0.4, -0.2) is 87.3 Å². The minimum atomic E-state index is -0.967. The van der Waals surface area contributed by atoms with Crippen molar-refractivity contribution in [1.29, 1.82) is 0 Å². The van der Waals surface area contributed by atoms with E-state index in [4.69, 9.17) is 24.4 Å². The van der Waals surface area contributed by atoms with Crippen molar-refractivity contribution < 1.29 is 236 Å². The number of rotatable bonds is 11. The summed E-state index contributed by atoms with van der Waals surface area (Å²) in [6.45, 7) is 19.1. The van der Waals surface area contributed by atoms with E-state index >= 15 is 0 Å². The predicted octanol–water partition coefficient (Wildman–Crippen LogP) is 10.4. The summed E-state index contributed by atoms with van der Waals surface area (Å²) in [5.41, 5.74) is 4.78. The first-order chi connectivity index (χ1) is 31.7. The molecule has 0 spiro atoms. The summed E-state index contributed by atoms with van der Waals surface area (Å²) in [6.07, 6.45) is 0. The molecule has 1 aliphatic rings. The van der Waals surface area contributed by atoms with E-state index in [1.807, 2.05) is 43.3 Å². The van der Waals surface area contributed by atoms with Gasteiger partial charge in [0.15, 0.2) is 5.78 Å². The summed E-state index contributed by atoms with van der Waals surface area (Å²) in [7, 11) is 3.23. The van der Waals surface area contributed by atoms with Gasteiger partial charge in [0.2, 0.25) is 0 Å². The van der Waals surface area contributed by atoms with Crippen LogP contribution in [0.5, 0.6) is 34.5 Å². The summed E-state index contributed by atoms with van der Waals surface area (Å²) in [5, 5.41) is 74.0. The zero-order valence-electron chi connectivity index (χ0n) is 41.3. The third-order valence-corrected chi connectivity index (χ3v) is 9.55. The van der Waals surface area contributed by atoms with Crippen LogP contribution in [0.4, 0.5) is 0 Å². The summed E-state index contributed by atoms with van der Waals surface area (Å²) in [6, 6.07) is 41.5. The number of phenols is 6. The van der Waals surface area contributed by atoms with E-state index in [1.165, 1.54) is 13.0 Å². The van der Waals surface area contributed by atoms with Gasteiger partial charge in [-0.15, -0.1) is 0 Å². The second-order valence-corrected chi connectivity index (χ2v) is 15.5. The molecular weight excluding hydrogens is 1760 g/mol. The number of aliphatic hydroxyl groups excluding tert-OH is 1. The SMILES string of the molecule is C=C(C)c1ccccc1O.C=C(CO)c1ccccc1O.C=C(COC)c1ccccc1O.CC(=O)c1ccccc1O.CC(C)(O)c1ccccc1O.COCC1(c2ccccc2O)CO1.[Ac].[Ac].[Ac].[Ac]. The van der Waals surface area contributed by atoms with Crippen LogP contribution < -0.4 is 0 Å². The Bertz CT molecular complexity index is 2470. The number of carbonyl (C=O) groups is 1. The van der Waals surface area contributed by atoms with Crippen molar-refractivity contribution in [3.63, 3.8) is 0 Å². The number of ether oxygens (including phenoxy) is 3. The molecule has 1 saturated heterocycles. The summed E-state index contributed by atoms with van der Waals surface area (Å²) < 4.78 is 15.3. The molecule has 12 nitrogen and oxygen atoms in total. The normalized spacial score (nSPS) is 12.3. The molecule has 4 radical (unpaired) electrons. The number of benzene rings is 6. The van der Waals surface area contributed by atoms with Gasteiger partial charge in [0, 0.05) is 218 Å². The number of aliphatic hydroxyl groups is 2. The smallest absolute Gasteiger partial charge is 0.163 e. The molecular formula is C55H64Ac4O12. The molecule has 0 aromatic heterocycles. The zero-order valence-corrected chi connectivity index (χ0v) is 60.3. The molecule has 1 aliphatic heterocycles. The van der Waals surface area contributed by atoms with Crippen molar-refractivity contribution >= 4 is 22.5 Å². The monoisotopic (exact) mass is 1820 g/mol. The molecule has 1 atom stereocenters. The zero-order chi connectivity index (χ0) is 50.2. The van der Waals surface area contributed by atoms with Gasteiger partial charge in [0.05, 0.1) is 37.6 Å². The van der Waals surface area contributed by atoms with E-state index in [0.717, 1.165) is 27.8 Å². The summed E-state index contributed by atoms with van der Waals surface area (Å²) in [5.74, 6) is 1.06. The number of epoxide rings is 1. The third-order valence-electron chi connectivity index (χ3n) is 9.55. The maximum absolute atomic E-state index is 10.7. The number of phenolic OH excluding ortho intramolecular Hbond substituents is 6. The molecule has 0 aliphatic carbocycles. The molecule has 6 aromatic carbocycles. The van der Waals surface area contributed by atoms with Crippen LogP contribution in [0.1, 0.15) is 65.9 Å². The van der Waals surface area contributed by atoms with E-state index < -0.39 is 5.60 Å². The molecule has 71 heavy (non-hydrogen) atoms. The van der Waals surface area contributed by atoms with Gasteiger partial charge in [0.1, 0.15) is 40.1 Å². The van der Waals surface area contributed by atoms with Crippen LogP contribution in [0.3, 0.4) is 0 Å². The van der Waals surface area contributed by atoms with Crippen LogP contribution in [-0.2, 0) is 25.4 Å². The first-order valence-electron chi connectivity index (χ1n) is 20.9. The van der Waals surface area contributed by atoms with Gasteiger partial charge < -0.3 is 55.1 Å². The maximum atomic E-state index is 10.7. The minimum Gasteiger partial charge on any atom is -0.508 e. The molecule has 1 heterocycles. The van der Waals surface area contributed by atoms with Gasteiger partial charge in [0.25, 0.3) is 0 Å². The fourth-order valence-electron chi connectivity index (χ4n) is 5.98. The maximum Gasteiger partial charge on any atom is 0.163 e. The second-order valence-electron chi connectivity index (χ2n) is 15.5. The number of aromatic hydroxyl groups is 6. The first kappa shape index (κ1) is 73.8. The van der Waals surface area contributed by atoms with Crippen LogP contribution in [0.25, 0.3) is 16.7 Å². The average molecular weight is 1830 g/mol. The number of allylic oxidation sites excluding steroid dienone is 1. The fraction of sp³-hybridized carbons (Fsp3) is 0.218. The fourth-order valence-corrected chi connectivity index (χ4v) is 5.98. The standard InChI is InChI=1S/C10H12O3.C10H12O2.C9H12O2.C9H10O2.C9H10O.C8H8O2.4Ac/c1-12-6-10(7-13-10)8-4-2-3-5-9(8)11;1-8(7-12-2)9-5-3-4-6-10(9)11;1-9(2,11)7-5-3-4-6-8(7)10;1-7(6-10)8-4-2-3-5-9(8)11;1-7(2)8-5-3-4-6-9(8)10;1-6(9)7-4-2-3-5-8(7)10;;;;/h2-5,11H,6-7H2,1H3;3-6,11H,1,7H2,2H3;3-6,10-11H,1-2H3;2-5,10-11H,1,6H2;3-6,10H,1H2,2H3;2-5,10H,1H3;;;;. The van der Waals surface area contributed by atoms with Crippen molar-refractivity contribution in [3.05, 3.63) is 199 Å². The van der Waals surface area contributed by atoms with Crippen LogP contribution >= 0.6 is 0 Å². The predicted molar refractivity (Wildman–Crippen MR) is 265 cm³/mol. The van der Waals surface area contributed by atoms with E-state index in [2.05, 4.69) is 19.7 Å². The van der Waals surface area contributed by atoms with E-state index in [0.29, 0.717) is 47.8 Å². The Morgan fingerprint density at radius 2 is 0.901 bits per heavy atom. The Balaban J connectivity index is -0.000000775. The van der Waals surface area contributed by atoms with Gasteiger partial charge in [-0.05, 0) is 86.9 Å². The third kappa shape index (κ3) is 26.8. The number of Topliss-reactive ketones (excluding diaryl/α,β-unsaturated/α-hetero) is 1. The molecule has 0 amide bonds. The van der Waals surface area contributed by atoms with Crippen molar-refractivity contribution in [2.45, 2.75) is 38.9 Å². The average Bonchev–Trinajstić information content (AvgIpc) is 4.08. The Hall–Kier alpha value is -1.42. The van der Waals surface area contributed by atoms with Gasteiger partial charge in [-0.2, -0.15) is 0 Å². The summed E-state index contributed by atoms with van der Waals surface area (Å²) in [4.78, 5) is 10.7. The first-order valence-corrected chi connectivity index (χ1v) is 20.9. The Morgan fingerprint density at radius 3 is 1.18 bits per heavy atom. The van der Waals surface area contributed by atoms with Crippen LogP contribution in [0, 0.1) is 176 Å². The molecule has 1 fully saturated rings.